The molecule has 7 nitrogen and oxygen atoms in total. The SMILES string of the molecule is CCCCNC(=O)C1CCC(C)N(Cc2nc(C(C)OC)no2)C1. The molecule has 0 bridgehead atoms. The molecule has 1 N–H and O–H groups in total. The quantitative estimate of drug-likeness (QED) is 0.733. The summed E-state index contributed by atoms with van der Waals surface area (Å²) in [5, 5.41) is 7.01. The molecule has 0 radical (unpaired) electrons. The molecule has 1 fully saturated rings. The number of carbonyl (C=O) groups is 1. The number of likely N-dealkylation sites (tertiary alicyclic amines) is 1. The molecule has 0 aliphatic carbocycles. The standard InChI is InChI=1S/C17H30N4O3/c1-5-6-9-18-17(22)14-8-7-12(2)21(10-14)11-15-19-16(20-24-15)13(3)23-4/h12-14H,5-11H2,1-4H3,(H,18,22). The van der Waals surface area contributed by atoms with Gasteiger partial charge in [0.2, 0.25) is 11.8 Å². The van der Waals surface area contributed by atoms with Crippen LogP contribution in [0, 0.1) is 5.92 Å². The molecule has 2 heterocycles. The van der Waals surface area contributed by atoms with Crippen molar-refractivity contribution in [3.05, 3.63) is 11.7 Å². The molecule has 1 aliphatic heterocycles. The maximum Gasteiger partial charge on any atom is 0.240 e. The highest BCUT2D eigenvalue weighted by Gasteiger charge is 2.30. The zero-order valence-corrected chi connectivity index (χ0v) is 15.2. The Morgan fingerprint density at radius 1 is 1.50 bits per heavy atom. The van der Waals surface area contributed by atoms with Gasteiger partial charge in [0.05, 0.1) is 12.5 Å². The number of aromatic nitrogens is 2. The molecule has 1 aromatic rings. The lowest BCUT2D eigenvalue weighted by Gasteiger charge is -2.36. The van der Waals surface area contributed by atoms with Crippen LogP contribution < -0.4 is 5.32 Å². The summed E-state index contributed by atoms with van der Waals surface area (Å²) in [7, 11) is 1.62. The number of nitrogens with zero attached hydrogens (tertiary/aromatic N) is 3. The van der Waals surface area contributed by atoms with Crippen LogP contribution >= 0.6 is 0 Å². The first kappa shape index (κ1) is 18.9. The summed E-state index contributed by atoms with van der Waals surface area (Å²) in [6.07, 6.45) is 3.87. The molecule has 7 heteroatoms. The number of ether oxygens (including phenoxy) is 1. The maximum absolute atomic E-state index is 12.3. The van der Waals surface area contributed by atoms with Gasteiger partial charge in [-0.05, 0) is 33.1 Å². The summed E-state index contributed by atoms with van der Waals surface area (Å²) in [6, 6.07) is 0.403. The Hall–Kier alpha value is -1.47. The predicted molar refractivity (Wildman–Crippen MR) is 90.2 cm³/mol. The first-order valence-electron chi connectivity index (χ1n) is 8.92. The normalized spacial score (nSPS) is 23.2. The number of unbranched alkanes of at least 4 members (excludes halogenated alkanes) is 1. The van der Waals surface area contributed by atoms with Crippen molar-refractivity contribution in [2.75, 3.05) is 20.2 Å². The highest BCUT2D eigenvalue weighted by Crippen LogP contribution is 2.24. The van der Waals surface area contributed by atoms with E-state index in [1.54, 1.807) is 7.11 Å². The second kappa shape index (κ2) is 9.13. The average Bonchev–Trinajstić information content (AvgIpc) is 3.04. The third kappa shape index (κ3) is 5.01. The van der Waals surface area contributed by atoms with Crippen molar-refractivity contribution in [1.29, 1.82) is 0 Å². The molecule has 1 aliphatic rings. The number of rotatable bonds is 8. The third-order valence-corrected chi connectivity index (χ3v) is 4.75. The van der Waals surface area contributed by atoms with Gasteiger partial charge in [-0.25, -0.2) is 0 Å². The van der Waals surface area contributed by atoms with Crippen molar-refractivity contribution in [3.63, 3.8) is 0 Å². The van der Waals surface area contributed by atoms with Gasteiger partial charge >= 0.3 is 0 Å². The van der Waals surface area contributed by atoms with E-state index in [1.165, 1.54) is 0 Å². The van der Waals surface area contributed by atoms with Crippen molar-refractivity contribution < 1.29 is 14.1 Å². The van der Waals surface area contributed by atoms with E-state index < -0.39 is 0 Å². The maximum atomic E-state index is 12.3. The number of methoxy groups -OCH3 is 1. The van der Waals surface area contributed by atoms with E-state index >= 15 is 0 Å². The Labute approximate surface area is 144 Å². The van der Waals surface area contributed by atoms with Crippen molar-refractivity contribution in [2.45, 2.75) is 65.1 Å². The van der Waals surface area contributed by atoms with E-state index in [1.807, 2.05) is 6.92 Å². The largest absolute Gasteiger partial charge is 0.374 e. The third-order valence-electron chi connectivity index (χ3n) is 4.75. The lowest BCUT2D eigenvalue weighted by molar-refractivity contribution is -0.127. The first-order valence-corrected chi connectivity index (χ1v) is 8.92. The number of piperidine rings is 1. The van der Waals surface area contributed by atoms with Crippen LogP contribution in [0.15, 0.2) is 4.52 Å². The van der Waals surface area contributed by atoms with Gasteiger partial charge in [0.25, 0.3) is 0 Å². The minimum atomic E-state index is -0.182. The van der Waals surface area contributed by atoms with Gasteiger partial charge in [-0.1, -0.05) is 18.5 Å². The monoisotopic (exact) mass is 338 g/mol. The first-order chi connectivity index (χ1) is 11.5. The fourth-order valence-electron chi connectivity index (χ4n) is 2.92. The minimum Gasteiger partial charge on any atom is -0.374 e. The van der Waals surface area contributed by atoms with Crippen molar-refractivity contribution in [2.24, 2.45) is 5.92 Å². The Morgan fingerprint density at radius 3 is 3.00 bits per heavy atom. The molecule has 3 unspecified atom stereocenters. The van der Waals surface area contributed by atoms with Crippen LogP contribution in [0.25, 0.3) is 0 Å². The van der Waals surface area contributed by atoms with Crippen molar-refractivity contribution in [3.8, 4) is 0 Å². The van der Waals surface area contributed by atoms with Crippen LogP contribution in [0.1, 0.15) is 64.3 Å². The van der Waals surface area contributed by atoms with Crippen LogP contribution in [0.5, 0.6) is 0 Å². The van der Waals surface area contributed by atoms with Crippen LogP contribution in [-0.4, -0.2) is 47.2 Å². The molecule has 2 rings (SSSR count). The van der Waals surface area contributed by atoms with Gasteiger partial charge in [0.1, 0.15) is 6.10 Å². The molecule has 0 aromatic carbocycles. The van der Waals surface area contributed by atoms with Gasteiger partial charge in [-0.15, -0.1) is 0 Å². The summed E-state index contributed by atoms with van der Waals surface area (Å²) < 4.78 is 10.5. The highest BCUT2D eigenvalue weighted by molar-refractivity contribution is 5.78. The van der Waals surface area contributed by atoms with E-state index in [0.717, 1.165) is 38.8 Å². The highest BCUT2D eigenvalue weighted by atomic mass is 16.5. The van der Waals surface area contributed by atoms with Gasteiger partial charge in [0.15, 0.2) is 5.82 Å². The van der Waals surface area contributed by atoms with Gasteiger partial charge in [0, 0.05) is 26.2 Å². The molecule has 1 saturated heterocycles. The Morgan fingerprint density at radius 2 is 2.29 bits per heavy atom. The number of nitrogens with one attached hydrogen (secondary N) is 1. The van der Waals surface area contributed by atoms with Crippen molar-refractivity contribution in [1.82, 2.24) is 20.4 Å². The van der Waals surface area contributed by atoms with Crippen molar-refractivity contribution >= 4 is 5.91 Å². The number of hydrogen-bond donors (Lipinski definition) is 1. The predicted octanol–water partition coefficient (Wildman–Crippen LogP) is 2.29. The summed E-state index contributed by atoms with van der Waals surface area (Å²) >= 11 is 0. The van der Waals surface area contributed by atoms with E-state index in [9.17, 15) is 4.79 Å². The number of amides is 1. The molecule has 3 atom stereocenters. The Kier molecular flexibility index (Phi) is 7.17. The number of hydrogen-bond acceptors (Lipinski definition) is 6. The second-order valence-corrected chi connectivity index (χ2v) is 6.62. The summed E-state index contributed by atoms with van der Waals surface area (Å²) in [5.74, 6) is 1.34. The molecular weight excluding hydrogens is 308 g/mol. The van der Waals surface area contributed by atoms with Gasteiger partial charge in [-0.3, -0.25) is 9.69 Å². The average molecular weight is 338 g/mol. The summed E-state index contributed by atoms with van der Waals surface area (Å²) in [6.45, 7) is 8.26. The molecule has 1 amide bonds. The molecule has 24 heavy (non-hydrogen) atoms. The van der Waals surface area contributed by atoms with E-state index in [-0.39, 0.29) is 17.9 Å². The second-order valence-electron chi connectivity index (χ2n) is 6.62. The molecule has 136 valence electrons. The molecular formula is C17H30N4O3. The van der Waals surface area contributed by atoms with E-state index in [2.05, 4.69) is 34.2 Å². The van der Waals surface area contributed by atoms with Crippen LogP contribution in [-0.2, 0) is 16.1 Å². The molecule has 0 saturated carbocycles. The smallest absolute Gasteiger partial charge is 0.240 e. The van der Waals surface area contributed by atoms with Crippen LogP contribution in [0.3, 0.4) is 0 Å². The lowest BCUT2D eigenvalue weighted by atomic mass is 9.92. The van der Waals surface area contributed by atoms with E-state index in [4.69, 9.17) is 9.26 Å². The zero-order valence-electron chi connectivity index (χ0n) is 15.2. The molecule has 1 aromatic heterocycles. The number of carbonyl (C=O) groups excluding carboxylic acids is 1. The van der Waals surface area contributed by atoms with Gasteiger partial charge < -0.3 is 14.6 Å². The summed E-state index contributed by atoms with van der Waals surface area (Å²) in [5.41, 5.74) is 0. The fraction of sp³-hybridized carbons (Fsp3) is 0.824. The van der Waals surface area contributed by atoms with E-state index in [0.29, 0.717) is 24.3 Å². The van der Waals surface area contributed by atoms with Crippen LogP contribution in [0.4, 0.5) is 0 Å². The molecule has 0 spiro atoms. The lowest BCUT2D eigenvalue weighted by Crippen LogP contribution is -2.46. The zero-order chi connectivity index (χ0) is 17.5. The Balaban J connectivity index is 1.91. The topological polar surface area (TPSA) is 80.5 Å². The minimum absolute atomic E-state index is 0.0401. The van der Waals surface area contributed by atoms with Gasteiger partial charge in [-0.2, -0.15) is 4.98 Å². The van der Waals surface area contributed by atoms with Crippen LogP contribution in [0.2, 0.25) is 0 Å². The summed E-state index contributed by atoms with van der Waals surface area (Å²) in [4.78, 5) is 19.0. The Bertz CT molecular complexity index is 520. The fourth-order valence-corrected chi connectivity index (χ4v) is 2.92.